The van der Waals surface area contributed by atoms with Crippen LogP contribution in [0, 0.1) is 19.9 Å². The van der Waals surface area contributed by atoms with E-state index in [4.69, 9.17) is 5.73 Å². The van der Waals surface area contributed by atoms with Crippen LogP contribution in [0.25, 0.3) is 11.1 Å². The Morgan fingerprint density at radius 3 is 2.27 bits per heavy atom. The molecule has 0 aliphatic rings. The average Bonchev–Trinajstić information content (AvgIpc) is 2.52. The lowest BCUT2D eigenvalue weighted by Gasteiger charge is -2.21. The standard InChI is InChI=1S/C20H21F3NO2/c1-5-13-7-11(3)8-16(26-20(21,22)23)18(13)17-12(4)9-15(19(24)25)10-14(17)6-2/h8-10H,5-6H2,1-4H3,(H2,24,25). The molecule has 3 nitrogen and oxygen atoms in total. The zero-order valence-electron chi connectivity index (χ0n) is 15.2. The fourth-order valence-corrected chi connectivity index (χ4v) is 3.14. The number of amides is 1. The Morgan fingerprint density at radius 2 is 1.77 bits per heavy atom. The number of primary amides is 1. The van der Waals surface area contributed by atoms with Gasteiger partial charge in [-0.05, 0) is 78.8 Å². The van der Waals surface area contributed by atoms with Gasteiger partial charge in [0.05, 0.1) is 0 Å². The van der Waals surface area contributed by atoms with Gasteiger partial charge in [-0.15, -0.1) is 13.2 Å². The van der Waals surface area contributed by atoms with Crippen LogP contribution in [0.4, 0.5) is 13.2 Å². The summed E-state index contributed by atoms with van der Waals surface area (Å²) in [6, 6.07) is 7.68. The number of ether oxygens (including phenoxy) is 1. The molecule has 0 spiro atoms. The van der Waals surface area contributed by atoms with Gasteiger partial charge >= 0.3 is 6.36 Å². The van der Waals surface area contributed by atoms with Crippen molar-refractivity contribution in [1.82, 2.24) is 0 Å². The van der Waals surface area contributed by atoms with Gasteiger partial charge in [-0.3, -0.25) is 4.79 Å². The first-order chi connectivity index (χ1) is 12.1. The first-order valence-corrected chi connectivity index (χ1v) is 8.32. The third-order valence-electron chi connectivity index (χ3n) is 4.16. The topological polar surface area (TPSA) is 52.3 Å². The van der Waals surface area contributed by atoms with Crippen molar-refractivity contribution in [3.8, 4) is 16.9 Å². The van der Waals surface area contributed by atoms with Gasteiger partial charge in [0.1, 0.15) is 5.75 Å². The van der Waals surface area contributed by atoms with E-state index in [1.165, 1.54) is 6.07 Å². The van der Waals surface area contributed by atoms with E-state index in [0.717, 1.165) is 5.56 Å². The van der Waals surface area contributed by atoms with E-state index in [9.17, 15) is 18.0 Å². The largest absolute Gasteiger partial charge is 0.573 e. The van der Waals surface area contributed by atoms with Crippen LogP contribution >= 0.6 is 0 Å². The normalized spacial score (nSPS) is 11.5. The molecule has 2 aromatic carbocycles. The van der Waals surface area contributed by atoms with Crippen LogP contribution in [-0.2, 0) is 12.8 Å². The smallest absolute Gasteiger partial charge is 0.405 e. The second-order valence-electron chi connectivity index (χ2n) is 6.12. The number of benzene rings is 2. The summed E-state index contributed by atoms with van der Waals surface area (Å²) in [5.74, 6) is -0.831. The number of carbonyl (C=O) groups is 1. The number of hydrogen-bond acceptors (Lipinski definition) is 2. The molecule has 0 saturated carbocycles. The molecule has 6 heteroatoms. The van der Waals surface area contributed by atoms with Crippen molar-refractivity contribution >= 4 is 5.91 Å². The maximum absolute atomic E-state index is 13.0. The number of rotatable bonds is 5. The van der Waals surface area contributed by atoms with E-state index in [2.05, 4.69) is 10.8 Å². The number of nitrogens with two attached hydrogens (primary N) is 1. The molecule has 1 radical (unpaired) electrons. The Hall–Kier alpha value is -2.50. The molecule has 1 amide bonds. The summed E-state index contributed by atoms with van der Waals surface area (Å²) in [5, 5.41) is 0. The Morgan fingerprint density at radius 1 is 1.12 bits per heavy atom. The highest BCUT2D eigenvalue weighted by Gasteiger charge is 2.33. The summed E-state index contributed by atoms with van der Waals surface area (Å²) in [4.78, 5) is 11.5. The molecule has 0 bridgehead atoms. The fourth-order valence-electron chi connectivity index (χ4n) is 3.14. The molecule has 2 aromatic rings. The maximum atomic E-state index is 13.0. The second kappa shape index (κ2) is 7.40. The zero-order chi connectivity index (χ0) is 19.6. The van der Waals surface area contributed by atoms with Crippen molar-refractivity contribution in [2.24, 2.45) is 5.73 Å². The Balaban J connectivity index is 2.84. The molecule has 2 N–H and O–H groups in total. The lowest BCUT2D eigenvalue weighted by molar-refractivity contribution is -0.274. The van der Waals surface area contributed by atoms with E-state index in [0.29, 0.717) is 46.2 Å². The minimum absolute atomic E-state index is 0.254. The second-order valence-corrected chi connectivity index (χ2v) is 6.12. The Kier molecular flexibility index (Phi) is 5.64. The third kappa shape index (κ3) is 4.18. The van der Waals surface area contributed by atoms with E-state index < -0.39 is 12.3 Å². The number of halogens is 3. The molecule has 2 rings (SSSR count). The van der Waals surface area contributed by atoms with Crippen molar-refractivity contribution in [2.45, 2.75) is 46.9 Å². The highest BCUT2D eigenvalue weighted by molar-refractivity contribution is 5.95. The highest BCUT2D eigenvalue weighted by Crippen LogP contribution is 2.41. The number of hydrogen-bond donors (Lipinski definition) is 1. The molecular formula is C20H21F3NO2. The van der Waals surface area contributed by atoms with E-state index in [-0.39, 0.29) is 5.75 Å². The van der Waals surface area contributed by atoms with Crippen LogP contribution in [0.2, 0.25) is 0 Å². The Bertz CT molecular complexity index is 842. The van der Waals surface area contributed by atoms with Crippen LogP contribution in [0.15, 0.2) is 18.2 Å². The molecule has 26 heavy (non-hydrogen) atoms. The quantitative estimate of drug-likeness (QED) is 0.821. The van der Waals surface area contributed by atoms with Crippen LogP contribution in [0.1, 0.15) is 46.5 Å². The minimum Gasteiger partial charge on any atom is -0.405 e. The minimum atomic E-state index is -4.80. The maximum Gasteiger partial charge on any atom is 0.573 e. The van der Waals surface area contributed by atoms with Crippen molar-refractivity contribution in [1.29, 1.82) is 0 Å². The van der Waals surface area contributed by atoms with Crippen molar-refractivity contribution in [2.75, 3.05) is 0 Å². The monoisotopic (exact) mass is 364 g/mol. The molecule has 0 fully saturated rings. The fraction of sp³-hybridized carbons (Fsp3) is 0.350. The summed E-state index contributed by atoms with van der Waals surface area (Å²) in [5.41, 5.74) is 9.28. The number of aryl methyl sites for hydroxylation is 4. The number of carbonyl (C=O) groups excluding carboxylic acids is 1. The van der Waals surface area contributed by atoms with Crippen LogP contribution in [0.3, 0.4) is 0 Å². The Labute approximate surface area is 151 Å². The first-order valence-electron chi connectivity index (χ1n) is 8.32. The van der Waals surface area contributed by atoms with Crippen LogP contribution in [0.5, 0.6) is 5.75 Å². The van der Waals surface area contributed by atoms with E-state index in [1.807, 2.05) is 13.8 Å². The lowest BCUT2D eigenvalue weighted by Crippen LogP contribution is -2.18. The van der Waals surface area contributed by atoms with E-state index >= 15 is 0 Å². The molecule has 0 aliphatic heterocycles. The van der Waals surface area contributed by atoms with Gasteiger partial charge in [0.15, 0.2) is 0 Å². The first kappa shape index (κ1) is 19.8. The van der Waals surface area contributed by atoms with Gasteiger partial charge in [-0.25, -0.2) is 0 Å². The predicted octanol–water partition coefficient (Wildman–Crippen LogP) is 4.89. The predicted molar refractivity (Wildman–Crippen MR) is 94.1 cm³/mol. The molecule has 0 aromatic heterocycles. The molecule has 0 aliphatic carbocycles. The van der Waals surface area contributed by atoms with Gasteiger partial charge in [0.2, 0.25) is 5.91 Å². The summed E-state index contributed by atoms with van der Waals surface area (Å²) in [6.45, 7) is 7.15. The number of alkyl halides is 3. The van der Waals surface area contributed by atoms with Crippen LogP contribution in [-0.4, -0.2) is 12.3 Å². The summed E-state index contributed by atoms with van der Waals surface area (Å²) in [7, 11) is 0. The molecule has 0 saturated heterocycles. The SMILES string of the molecule is CCc1[c]c(C)cc(OC(F)(F)F)c1-c1c(C)cc(C(N)=O)cc1CC. The summed E-state index contributed by atoms with van der Waals surface area (Å²) in [6.07, 6.45) is -3.79. The zero-order valence-corrected chi connectivity index (χ0v) is 15.2. The van der Waals surface area contributed by atoms with Crippen LogP contribution < -0.4 is 10.5 Å². The van der Waals surface area contributed by atoms with Crippen molar-refractivity contribution < 1.29 is 22.7 Å². The molecule has 0 atom stereocenters. The average molecular weight is 364 g/mol. The summed E-state index contributed by atoms with van der Waals surface area (Å²) >= 11 is 0. The lowest BCUT2D eigenvalue weighted by atomic mass is 9.87. The highest BCUT2D eigenvalue weighted by atomic mass is 19.4. The van der Waals surface area contributed by atoms with Crippen molar-refractivity contribution in [3.05, 3.63) is 52.1 Å². The van der Waals surface area contributed by atoms with Gasteiger partial charge in [0, 0.05) is 11.1 Å². The molecule has 139 valence electrons. The van der Waals surface area contributed by atoms with Gasteiger partial charge in [-0.2, -0.15) is 0 Å². The molecular weight excluding hydrogens is 343 g/mol. The van der Waals surface area contributed by atoms with Gasteiger partial charge in [0.25, 0.3) is 0 Å². The summed E-state index contributed by atoms with van der Waals surface area (Å²) < 4.78 is 43.2. The van der Waals surface area contributed by atoms with Crippen molar-refractivity contribution in [3.63, 3.8) is 0 Å². The molecule has 0 heterocycles. The third-order valence-corrected chi connectivity index (χ3v) is 4.16. The van der Waals surface area contributed by atoms with Gasteiger partial charge in [-0.1, -0.05) is 13.8 Å². The van der Waals surface area contributed by atoms with E-state index in [1.54, 1.807) is 26.0 Å². The van der Waals surface area contributed by atoms with Gasteiger partial charge < -0.3 is 10.5 Å². The molecule has 0 unspecified atom stereocenters.